The summed E-state index contributed by atoms with van der Waals surface area (Å²) in [6.45, 7) is 7.32. The Balaban J connectivity index is 1.93. The summed E-state index contributed by atoms with van der Waals surface area (Å²) < 4.78 is 10.7. The van der Waals surface area contributed by atoms with E-state index in [1.165, 1.54) is 4.90 Å². The number of hydrogen-bond donors (Lipinski definition) is 2. The first-order chi connectivity index (χ1) is 19.0. The standard InChI is InChI=1S/C32H39N3O5/c1-7-22-13-15-24(16-14-22)28(29(36)33-25-17-19-26(39-6)20-18-25)35(5)30(37)27(21-23-11-9-8-10-12-23)34-31(38)40-32(2,3)4/h8-20,27-28H,7,21H2,1-6H3,(H,33,36)(H,34,38). The van der Waals surface area contributed by atoms with Crippen LogP contribution in [0.25, 0.3) is 0 Å². The Morgan fingerprint density at radius 2 is 1.50 bits per heavy atom. The summed E-state index contributed by atoms with van der Waals surface area (Å²) in [6, 6.07) is 22.0. The van der Waals surface area contributed by atoms with E-state index in [1.54, 1.807) is 59.2 Å². The minimum Gasteiger partial charge on any atom is -0.497 e. The number of carbonyl (C=O) groups is 3. The second-order valence-corrected chi connectivity index (χ2v) is 10.6. The zero-order chi connectivity index (χ0) is 29.3. The van der Waals surface area contributed by atoms with Crippen LogP contribution in [0, 0.1) is 0 Å². The Kier molecular flexibility index (Phi) is 10.3. The lowest BCUT2D eigenvalue weighted by molar-refractivity contribution is -0.139. The molecular formula is C32H39N3O5. The Bertz CT molecular complexity index is 1270. The predicted octanol–water partition coefficient (Wildman–Crippen LogP) is 5.53. The first-order valence-corrected chi connectivity index (χ1v) is 13.3. The van der Waals surface area contributed by atoms with E-state index in [9.17, 15) is 14.4 Å². The van der Waals surface area contributed by atoms with E-state index >= 15 is 0 Å². The Hall–Kier alpha value is -4.33. The molecule has 0 bridgehead atoms. The molecule has 3 amide bonds. The second kappa shape index (κ2) is 13.6. The molecule has 2 unspecified atom stereocenters. The van der Waals surface area contributed by atoms with Crippen molar-refractivity contribution < 1.29 is 23.9 Å². The van der Waals surface area contributed by atoms with Crippen LogP contribution >= 0.6 is 0 Å². The molecule has 212 valence electrons. The SMILES string of the molecule is CCc1ccc(C(C(=O)Nc2ccc(OC)cc2)N(C)C(=O)C(Cc2ccccc2)NC(=O)OC(C)(C)C)cc1. The minimum atomic E-state index is -0.964. The summed E-state index contributed by atoms with van der Waals surface area (Å²) in [4.78, 5) is 41.8. The molecule has 0 radical (unpaired) electrons. The number of ether oxygens (including phenoxy) is 2. The van der Waals surface area contributed by atoms with E-state index in [1.807, 2.05) is 54.6 Å². The molecule has 3 aromatic carbocycles. The predicted molar refractivity (Wildman–Crippen MR) is 156 cm³/mol. The summed E-state index contributed by atoms with van der Waals surface area (Å²) in [5.74, 6) is -0.154. The highest BCUT2D eigenvalue weighted by molar-refractivity contribution is 5.99. The first-order valence-electron chi connectivity index (χ1n) is 13.3. The van der Waals surface area contributed by atoms with Gasteiger partial charge in [-0.2, -0.15) is 0 Å². The van der Waals surface area contributed by atoms with Crippen LogP contribution in [0.5, 0.6) is 5.75 Å². The molecule has 0 saturated carbocycles. The van der Waals surface area contributed by atoms with Gasteiger partial charge in [0.1, 0.15) is 23.4 Å². The van der Waals surface area contributed by atoms with Gasteiger partial charge in [0.05, 0.1) is 7.11 Å². The maximum Gasteiger partial charge on any atom is 0.408 e. The van der Waals surface area contributed by atoms with Crippen LogP contribution in [-0.4, -0.2) is 48.6 Å². The van der Waals surface area contributed by atoms with E-state index in [0.717, 1.165) is 17.5 Å². The third-order valence-corrected chi connectivity index (χ3v) is 6.32. The zero-order valence-electron chi connectivity index (χ0n) is 24.1. The highest BCUT2D eigenvalue weighted by atomic mass is 16.6. The van der Waals surface area contributed by atoms with Crippen molar-refractivity contribution >= 4 is 23.6 Å². The van der Waals surface area contributed by atoms with Gasteiger partial charge in [0.15, 0.2) is 0 Å². The maximum atomic E-state index is 14.0. The van der Waals surface area contributed by atoms with Crippen molar-refractivity contribution in [2.24, 2.45) is 0 Å². The molecule has 0 aliphatic heterocycles. The number of anilines is 1. The van der Waals surface area contributed by atoms with Gasteiger partial charge in [0.25, 0.3) is 5.91 Å². The smallest absolute Gasteiger partial charge is 0.408 e. The lowest BCUT2D eigenvalue weighted by atomic mass is 9.99. The highest BCUT2D eigenvalue weighted by Gasteiger charge is 2.34. The van der Waals surface area contributed by atoms with Gasteiger partial charge in [-0.15, -0.1) is 0 Å². The fraction of sp³-hybridized carbons (Fsp3) is 0.344. The van der Waals surface area contributed by atoms with Crippen LogP contribution in [0.3, 0.4) is 0 Å². The van der Waals surface area contributed by atoms with Crippen LogP contribution in [-0.2, 0) is 27.2 Å². The topological polar surface area (TPSA) is 97.0 Å². The normalized spacial score (nSPS) is 12.6. The average Bonchev–Trinajstić information content (AvgIpc) is 2.92. The van der Waals surface area contributed by atoms with Crippen molar-refractivity contribution in [2.75, 3.05) is 19.5 Å². The first kappa shape index (κ1) is 30.2. The molecule has 2 atom stereocenters. The van der Waals surface area contributed by atoms with Crippen LogP contribution < -0.4 is 15.4 Å². The number of hydrogen-bond acceptors (Lipinski definition) is 5. The van der Waals surface area contributed by atoms with Crippen molar-refractivity contribution in [3.8, 4) is 5.75 Å². The quantitative estimate of drug-likeness (QED) is 0.349. The van der Waals surface area contributed by atoms with Gasteiger partial charge in [-0.1, -0.05) is 61.5 Å². The molecule has 3 aromatic rings. The number of methoxy groups -OCH3 is 1. The number of carbonyl (C=O) groups excluding carboxylic acids is 3. The molecule has 0 spiro atoms. The lowest BCUT2D eigenvalue weighted by Crippen LogP contribution is -2.52. The molecule has 3 rings (SSSR count). The van der Waals surface area contributed by atoms with Crippen LogP contribution in [0.1, 0.15) is 50.4 Å². The Morgan fingerprint density at radius 3 is 2.05 bits per heavy atom. The van der Waals surface area contributed by atoms with Crippen molar-refractivity contribution in [1.82, 2.24) is 10.2 Å². The van der Waals surface area contributed by atoms with E-state index < -0.39 is 29.7 Å². The van der Waals surface area contributed by atoms with Crippen molar-refractivity contribution in [2.45, 2.75) is 58.2 Å². The Labute approximate surface area is 236 Å². The molecular weight excluding hydrogens is 506 g/mol. The monoisotopic (exact) mass is 545 g/mol. The number of nitrogens with one attached hydrogen (secondary N) is 2. The van der Waals surface area contributed by atoms with Gasteiger partial charge in [-0.05, 0) is 68.1 Å². The fourth-order valence-electron chi connectivity index (χ4n) is 4.24. The van der Waals surface area contributed by atoms with Crippen molar-refractivity contribution in [3.63, 3.8) is 0 Å². The summed E-state index contributed by atoms with van der Waals surface area (Å²) in [7, 11) is 3.14. The summed E-state index contributed by atoms with van der Waals surface area (Å²) >= 11 is 0. The van der Waals surface area contributed by atoms with Gasteiger partial charge in [-0.25, -0.2) is 4.79 Å². The number of nitrogens with zero attached hydrogens (tertiary/aromatic N) is 1. The highest BCUT2D eigenvalue weighted by Crippen LogP contribution is 2.25. The van der Waals surface area contributed by atoms with Crippen LogP contribution in [0.15, 0.2) is 78.9 Å². The molecule has 0 saturated heterocycles. The number of benzene rings is 3. The zero-order valence-corrected chi connectivity index (χ0v) is 24.1. The molecule has 0 heterocycles. The summed E-state index contributed by atoms with van der Waals surface area (Å²) in [5, 5.41) is 5.65. The molecule has 0 aliphatic carbocycles. The molecule has 8 heteroatoms. The number of aryl methyl sites for hydroxylation is 1. The van der Waals surface area contributed by atoms with Crippen LogP contribution in [0.2, 0.25) is 0 Å². The third kappa shape index (κ3) is 8.59. The number of likely N-dealkylation sites (N-methyl/N-ethyl adjacent to an activating group) is 1. The number of amides is 3. The van der Waals surface area contributed by atoms with Gasteiger partial charge in [-0.3, -0.25) is 9.59 Å². The molecule has 40 heavy (non-hydrogen) atoms. The van der Waals surface area contributed by atoms with Gasteiger partial charge in [0.2, 0.25) is 5.91 Å². The van der Waals surface area contributed by atoms with E-state index in [-0.39, 0.29) is 12.3 Å². The van der Waals surface area contributed by atoms with Crippen molar-refractivity contribution in [3.05, 3.63) is 95.6 Å². The van der Waals surface area contributed by atoms with Gasteiger partial charge >= 0.3 is 6.09 Å². The van der Waals surface area contributed by atoms with Gasteiger partial charge in [0, 0.05) is 19.2 Å². The minimum absolute atomic E-state index is 0.227. The van der Waals surface area contributed by atoms with Crippen LogP contribution in [0.4, 0.5) is 10.5 Å². The van der Waals surface area contributed by atoms with Gasteiger partial charge < -0.3 is 25.0 Å². The molecule has 0 aliphatic rings. The maximum absolute atomic E-state index is 14.0. The molecule has 0 aromatic heterocycles. The van der Waals surface area contributed by atoms with E-state index in [2.05, 4.69) is 17.6 Å². The lowest BCUT2D eigenvalue weighted by Gasteiger charge is -2.32. The molecule has 8 nitrogen and oxygen atoms in total. The number of alkyl carbamates (subject to hydrolysis) is 1. The van der Waals surface area contributed by atoms with Crippen molar-refractivity contribution in [1.29, 1.82) is 0 Å². The van der Waals surface area contributed by atoms with E-state index in [0.29, 0.717) is 17.0 Å². The third-order valence-electron chi connectivity index (χ3n) is 6.32. The second-order valence-electron chi connectivity index (χ2n) is 10.6. The Morgan fingerprint density at radius 1 is 0.875 bits per heavy atom. The number of rotatable bonds is 10. The molecule has 0 fully saturated rings. The molecule has 2 N–H and O–H groups in total. The largest absolute Gasteiger partial charge is 0.497 e. The summed E-state index contributed by atoms with van der Waals surface area (Å²) in [5.41, 5.74) is 2.44. The van der Waals surface area contributed by atoms with E-state index in [4.69, 9.17) is 9.47 Å². The summed E-state index contributed by atoms with van der Waals surface area (Å²) in [6.07, 6.45) is 0.364. The fourth-order valence-corrected chi connectivity index (χ4v) is 4.24. The average molecular weight is 546 g/mol.